The Morgan fingerprint density at radius 3 is 2.36 bits per heavy atom. The van der Waals surface area contributed by atoms with Gasteiger partial charge in [0, 0.05) is 6.61 Å². The molecule has 0 saturated carbocycles. The molecule has 0 bridgehead atoms. The van der Waals surface area contributed by atoms with Gasteiger partial charge in [0.25, 0.3) is 0 Å². The van der Waals surface area contributed by atoms with Crippen LogP contribution in [0, 0.1) is 0 Å². The zero-order valence-electron chi connectivity index (χ0n) is 12.4. The number of aliphatic hydroxyl groups excluding tert-OH is 4. The summed E-state index contributed by atoms with van der Waals surface area (Å²) < 4.78 is 10.7. The summed E-state index contributed by atoms with van der Waals surface area (Å²) in [7, 11) is 0. The predicted octanol–water partition coefficient (Wildman–Crippen LogP) is -0.174. The van der Waals surface area contributed by atoms with Gasteiger partial charge in [-0.2, -0.15) is 0 Å². The van der Waals surface area contributed by atoms with Crippen molar-refractivity contribution in [2.75, 3.05) is 13.2 Å². The van der Waals surface area contributed by atoms with E-state index >= 15 is 0 Å². The third kappa shape index (κ3) is 4.49. The quantitative estimate of drug-likeness (QED) is 0.522. The van der Waals surface area contributed by atoms with Crippen LogP contribution in [0.25, 0.3) is 0 Å². The molecule has 0 amide bonds. The number of aryl methyl sites for hydroxylation is 1. The minimum absolute atomic E-state index is 0.371. The highest BCUT2D eigenvalue weighted by atomic mass is 16.7. The lowest BCUT2D eigenvalue weighted by atomic mass is 9.99. The standard InChI is InChI=1S/C16H24O6/c17-10-12-13(18)14(19)15(20)16(22-12)21-9-5-4-8-11-6-2-1-3-7-11/h1-3,6-7,12-20H,4-5,8-10H2/t12-,13-,14+,15-,16-/m1/s1. The second-order valence-electron chi connectivity index (χ2n) is 5.51. The maximum Gasteiger partial charge on any atom is 0.186 e. The summed E-state index contributed by atoms with van der Waals surface area (Å²) >= 11 is 0. The molecular weight excluding hydrogens is 288 g/mol. The topological polar surface area (TPSA) is 99.4 Å². The van der Waals surface area contributed by atoms with E-state index in [4.69, 9.17) is 14.6 Å². The lowest BCUT2D eigenvalue weighted by Gasteiger charge is -2.39. The summed E-state index contributed by atoms with van der Waals surface area (Å²) in [6, 6.07) is 10.1. The van der Waals surface area contributed by atoms with Gasteiger partial charge in [-0.05, 0) is 24.8 Å². The number of hydrogen-bond donors (Lipinski definition) is 4. The lowest BCUT2D eigenvalue weighted by Crippen LogP contribution is -2.59. The van der Waals surface area contributed by atoms with Crippen molar-refractivity contribution in [2.24, 2.45) is 0 Å². The van der Waals surface area contributed by atoms with E-state index in [0.717, 1.165) is 19.3 Å². The number of benzene rings is 1. The summed E-state index contributed by atoms with van der Waals surface area (Å²) in [6.07, 6.45) is -3.37. The Morgan fingerprint density at radius 1 is 0.955 bits per heavy atom. The molecule has 0 aromatic heterocycles. The van der Waals surface area contributed by atoms with Crippen LogP contribution in [0.15, 0.2) is 30.3 Å². The SMILES string of the molecule is OC[C@H]1O[C@@H](OCCCCc2ccccc2)[C@H](O)[C@@H](O)[C@@H]1O. The van der Waals surface area contributed by atoms with E-state index in [1.807, 2.05) is 18.2 Å². The van der Waals surface area contributed by atoms with E-state index in [1.54, 1.807) is 0 Å². The number of hydrogen-bond acceptors (Lipinski definition) is 6. The zero-order chi connectivity index (χ0) is 15.9. The molecule has 1 aliphatic heterocycles. The second kappa shape index (κ2) is 8.57. The first-order valence-corrected chi connectivity index (χ1v) is 7.59. The van der Waals surface area contributed by atoms with E-state index in [1.165, 1.54) is 5.56 Å². The summed E-state index contributed by atoms with van der Waals surface area (Å²) in [4.78, 5) is 0. The fourth-order valence-electron chi connectivity index (χ4n) is 2.48. The normalized spacial score (nSPS) is 32.1. The molecule has 1 aromatic rings. The smallest absolute Gasteiger partial charge is 0.186 e. The van der Waals surface area contributed by atoms with Gasteiger partial charge in [-0.25, -0.2) is 0 Å². The summed E-state index contributed by atoms with van der Waals surface area (Å²) in [5.74, 6) is 0. The highest BCUT2D eigenvalue weighted by Gasteiger charge is 2.43. The van der Waals surface area contributed by atoms with Gasteiger partial charge in [0.15, 0.2) is 6.29 Å². The van der Waals surface area contributed by atoms with E-state index in [2.05, 4.69) is 12.1 Å². The van der Waals surface area contributed by atoms with Crippen LogP contribution in [-0.4, -0.2) is 64.3 Å². The van der Waals surface area contributed by atoms with Crippen LogP contribution in [-0.2, 0) is 15.9 Å². The van der Waals surface area contributed by atoms with Gasteiger partial charge < -0.3 is 29.9 Å². The largest absolute Gasteiger partial charge is 0.394 e. The van der Waals surface area contributed by atoms with Crippen molar-refractivity contribution in [1.82, 2.24) is 0 Å². The van der Waals surface area contributed by atoms with Gasteiger partial charge in [0.05, 0.1) is 6.61 Å². The van der Waals surface area contributed by atoms with Crippen molar-refractivity contribution < 1.29 is 29.9 Å². The van der Waals surface area contributed by atoms with Gasteiger partial charge in [-0.3, -0.25) is 0 Å². The van der Waals surface area contributed by atoms with Crippen molar-refractivity contribution in [2.45, 2.75) is 50.0 Å². The summed E-state index contributed by atoms with van der Waals surface area (Å²) in [6.45, 7) is -0.0751. The maximum absolute atomic E-state index is 9.81. The molecule has 6 nitrogen and oxygen atoms in total. The molecule has 1 heterocycles. The molecule has 2 rings (SSSR count). The molecule has 22 heavy (non-hydrogen) atoms. The molecule has 1 saturated heterocycles. The maximum atomic E-state index is 9.81. The Hall–Kier alpha value is -1.02. The Labute approximate surface area is 129 Å². The van der Waals surface area contributed by atoms with Crippen LogP contribution in [0.2, 0.25) is 0 Å². The van der Waals surface area contributed by atoms with E-state index in [0.29, 0.717) is 6.61 Å². The first kappa shape index (κ1) is 17.3. The molecule has 124 valence electrons. The van der Waals surface area contributed by atoms with Gasteiger partial charge >= 0.3 is 0 Å². The van der Waals surface area contributed by atoms with Crippen molar-refractivity contribution in [1.29, 1.82) is 0 Å². The molecular formula is C16H24O6. The number of rotatable bonds is 7. The average molecular weight is 312 g/mol. The van der Waals surface area contributed by atoms with Crippen LogP contribution in [0.5, 0.6) is 0 Å². The van der Waals surface area contributed by atoms with E-state index < -0.39 is 37.3 Å². The first-order chi connectivity index (χ1) is 10.6. The van der Waals surface area contributed by atoms with Gasteiger partial charge in [-0.15, -0.1) is 0 Å². The molecule has 0 radical (unpaired) electrons. The fourth-order valence-corrected chi connectivity index (χ4v) is 2.48. The van der Waals surface area contributed by atoms with Crippen LogP contribution >= 0.6 is 0 Å². The zero-order valence-corrected chi connectivity index (χ0v) is 12.4. The third-order valence-electron chi connectivity index (χ3n) is 3.83. The summed E-state index contributed by atoms with van der Waals surface area (Å²) in [5.41, 5.74) is 1.26. The molecule has 6 heteroatoms. The monoisotopic (exact) mass is 312 g/mol. The Morgan fingerprint density at radius 2 is 1.68 bits per heavy atom. The molecule has 5 atom stereocenters. The third-order valence-corrected chi connectivity index (χ3v) is 3.83. The van der Waals surface area contributed by atoms with E-state index in [9.17, 15) is 15.3 Å². The lowest BCUT2D eigenvalue weighted by molar-refractivity contribution is -0.301. The second-order valence-corrected chi connectivity index (χ2v) is 5.51. The van der Waals surface area contributed by atoms with Gasteiger partial charge in [0.2, 0.25) is 0 Å². The molecule has 0 aliphatic carbocycles. The minimum Gasteiger partial charge on any atom is -0.394 e. The van der Waals surface area contributed by atoms with E-state index in [-0.39, 0.29) is 0 Å². The minimum atomic E-state index is -1.39. The molecule has 1 aromatic carbocycles. The average Bonchev–Trinajstić information content (AvgIpc) is 2.55. The number of unbranched alkanes of at least 4 members (excludes halogenated alkanes) is 1. The van der Waals surface area contributed by atoms with Crippen LogP contribution in [0.4, 0.5) is 0 Å². The van der Waals surface area contributed by atoms with Crippen molar-refractivity contribution >= 4 is 0 Å². The predicted molar refractivity (Wildman–Crippen MR) is 79.1 cm³/mol. The van der Waals surface area contributed by atoms with Crippen LogP contribution < -0.4 is 0 Å². The fraction of sp³-hybridized carbons (Fsp3) is 0.625. The molecule has 0 spiro atoms. The van der Waals surface area contributed by atoms with Crippen molar-refractivity contribution in [3.8, 4) is 0 Å². The van der Waals surface area contributed by atoms with Gasteiger partial charge in [-0.1, -0.05) is 30.3 Å². The Balaban J connectivity index is 1.69. The van der Waals surface area contributed by atoms with Crippen molar-refractivity contribution in [3.63, 3.8) is 0 Å². The molecule has 0 unspecified atom stereocenters. The highest BCUT2D eigenvalue weighted by molar-refractivity contribution is 5.14. The van der Waals surface area contributed by atoms with Crippen molar-refractivity contribution in [3.05, 3.63) is 35.9 Å². The van der Waals surface area contributed by atoms with Gasteiger partial charge in [0.1, 0.15) is 24.4 Å². The number of ether oxygens (including phenoxy) is 2. The van der Waals surface area contributed by atoms with Crippen LogP contribution in [0.1, 0.15) is 18.4 Å². The molecule has 4 N–H and O–H groups in total. The summed E-state index contributed by atoms with van der Waals surface area (Å²) in [5, 5.41) is 38.2. The van der Waals surface area contributed by atoms with Crippen LogP contribution in [0.3, 0.4) is 0 Å². The number of aliphatic hydroxyl groups is 4. The first-order valence-electron chi connectivity index (χ1n) is 7.59. The molecule has 1 fully saturated rings. The molecule has 1 aliphatic rings. The Bertz CT molecular complexity index is 424. The highest BCUT2D eigenvalue weighted by Crippen LogP contribution is 2.22. The Kier molecular flexibility index (Phi) is 6.75.